The fourth-order valence-electron chi connectivity index (χ4n) is 7.02. The Hall–Kier alpha value is -4.64. The molecule has 0 amide bonds. The van der Waals surface area contributed by atoms with Crippen LogP contribution in [0.2, 0.25) is 0 Å². The first-order valence-corrected chi connectivity index (χ1v) is 17.8. The molecule has 0 bridgehead atoms. The van der Waals surface area contributed by atoms with Crippen LogP contribution in [0.3, 0.4) is 0 Å². The van der Waals surface area contributed by atoms with E-state index in [9.17, 15) is 0 Å². The van der Waals surface area contributed by atoms with Gasteiger partial charge in [-0.1, -0.05) is 146 Å². The Morgan fingerprint density at radius 2 is 1.09 bits per heavy atom. The summed E-state index contributed by atoms with van der Waals surface area (Å²) >= 11 is 3.60. The Kier molecular flexibility index (Phi) is 7.51. The van der Waals surface area contributed by atoms with Gasteiger partial charge in [0.15, 0.2) is 0 Å². The van der Waals surface area contributed by atoms with Crippen molar-refractivity contribution >= 4 is 35.7 Å². The molecule has 230 valence electrons. The van der Waals surface area contributed by atoms with Crippen LogP contribution < -0.4 is 9.47 Å². The van der Waals surface area contributed by atoms with Gasteiger partial charge in [0.1, 0.15) is 23.0 Å². The lowest BCUT2D eigenvalue weighted by Gasteiger charge is -2.40. The lowest BCUT2D eigenvalue weighted by atomic mass is 9.63. The summed E-state index contributed by atoms with van der Waals surface area (Å²) < 4.78 is 13.2. The molecule has 0 aromatic heterocycles. The summed E-state index contributed by atoms with van der Waals surface area (Å²) in [6, 6.07) is 43.6. The Balaban J connectivity index is 0.00000159. The van der Waals surface area contributed by atoms with Crippen LogP contribution in [0.4, 0.5) is 0 Å². The van der Waals surface area contributed by atoms with Gasteiger partial charge in [-0.15, -0.1) is 0 Å². The average Bonchev–Trinajstić information content (AvgIpc) is 3.27. The Bertz CT molecular complexity index is 2180. The van der Waals surface area contributed by atoms with E-state index in [-0.39, 0.29) is 0 Å². The summed E-state index contributed by atoms with van der Waals surface area (Å²) in [6.07, 6.45) is 4.63. The first-order valence-electron chi connectivity index (χ1n) is 16.2. The van der Waals surface area contributed by atoms with Crippen molar-refractivity contribution in [1.29, 1.82) is 0 Å². The van der Waals surface area contributed by atoms with Gasteiger partial charge in [-0.25, -0.2) is 0 Å². The number of aryl methyl sites for hydroxylation is 2. The van der Waals surface area contributed by atoms with Gasteiger partial charge < -0.3 is 9.47 Å². The Labute approximate surface area is 285 Å². The van der Waals surface area contributed by atoms with Crippen LogP contribution in [0.1, 0.15) is 58.4 Å². The molecule has 3 aliphatic rings. The van der Waals surface area contributed by atoms with Crippen molar-refractivity contribution in [2.75, 3.05) is 0 Å². The van der Waals surface area contributed by atoms with Crippen molar-refractivity contribution in [2.45, 2.75) is 52.7 Å². The summed E-state index contributed by atoms with van der Waals surface area (Å²) in [5.74, 6) is 3.64. The minimum atomic E-state index is -0.604. The van der Waals surface area contributed by atoms with Crippen LogP contribution in [0.25, 0.3) is 12.2 Å². The third-order valence-electron chi connectivity index (χ3n) is 9.09. The molecule has 6 aromatic rings. The molecule has 0 radical (unpaired) electrons. The molecule has 2 heterocycles. The van der Waals surface area contributed by atoms with Crippen molar-refractivity contribution < 1.29 is 9.47 Å². The predicted molar refractivity (Wildman–Crippen MR) is 196 cm³/mol. The molecule has 6 aromatic carbocycles. The van der Waals surface area contributed by atoms with Crippen LogP contribution >= 0.6 is 23.5 Å². The second-order valence-corrected chi connectivity index (χ2v) is 13.9. The zero-order chi connectivity index (χ0) is 32.1. The molecule has 1 atom stereocenters. The molecule has 0 spiro atoms. The fourth-order valence-corrected chi connectivity index (χ4v) is 9.26. The van der Waals surface area contributed by atoms with Crippen LogP contribution in [-0.4, -0.2) is 0 Å². The maximum atomic E-state index is 6.64. The van der Waals surface area contributed by atoms with E-state index < -0.39 is 5.41 Å². The van der Waals surface area contributed by atoms with Gasteiger partial charge in [-0.3, -0.25) is 0 Å². The summed E-state index contributed by atoms with van der Waals surface area (Å²) in [4.78, 5) is 4.56. The number of rotatable bonds is 2. The fraction of sp³-hybridized carbons (Fsp3) is 0.116. The summed E-state index contributed by atoms with van der Waals surface area (Å²) in [5, 5.41) is 0. The third kappa shape index (κ3) is 4.65. The number of para-hydroxylation sites is 2. The number of hydrogen-bond donors (Lipinski definition) is 0. The molecule has 2 nitrogen and oxygen atoms in total. The van der Waals surface area contributed by atoms with Crippen molar-refractivity contribution in [1.82, 2.24) is 0 Å². The maximum Gasteiger partial charge on any atom is 0.144 e. The van der Waals surface area contributed by atoms with E-state index in [0.29, 0.717) is 0 Å². The zero-order valence-corrected chi connectivity index (χ0v) is 28.5. The largest absolute Gasteiger partial charge is 0.455 e. The molecule has 0 fully saturated rings. The number of fused-ring (bicyclic) bond motifs is 8. The normalized spacial score (nSPS) is 16.3. The predicted octanol–water partition coefficient (Wildman–Crippen LogP) is 12.7. The van der Waals surface area contributed by atoms with Gasteiger partial charge in [0.25, 0.3) is 0 Å². The van der Waals surface area contributed by atoms with Crippen LogP contribution in [0, 0.1) is 13.8 Å². The Morgan fingerprint density at radius 3 is 1.79 bits per heavy atom. The molecular formula is C43H34O2S2. The highest BCUT2D eigenvalue weighted by molar-refractivity contribution is 8.00. The van der Waals surface area contributed by atoms with Crippen LogP contribution in [0.5, 0.6) is 23.0 Å². The first-order chi connectivity index (χ1) is 23.1. The molecule has 1 unspecified atom stereocenters. The maximum absolute atomic E-state index is 6.64. The van der Waals surface area contributed by atoms with E-state index in [4.69, 9.17) is 9.47 Å². The second kappa shape index (κ2) is 11.9. The molecule has 4 heteroatoms. The zero-order valence-electron chi connectivity index (χ0n) is 26.8. The molecule has 0 saturated heterocycles. The van der Waals surface area contributed by atoms with E-state index >= 15 is 0 Å². The highest BCUT2D eigenvalue weighted by Crippen LogP contribution is 2.59. The van der Waals surface area contributed by atoms with E-state index in [1.165, 1.54) is 38.9 Å². The van der Waals surface area contributed by atoms with Gasteiger partial charge in [-0.05, 0) is 83.1 Å². The monoisotopic (exact) mass is 646 g/mol. The van der Waals surface area contributed by atoms with Gasteiger partial charge in [-0.2, -0.15) is 0 Å². The smallest absolute Gasteiger partial charge is 0.144 e. The average molecular weight is 647 g/mol. The lowest BCUT2D eigenvalue weighted by Crippen LogP contribution is -2.33. The lowest BCUT2D eigenvalue weighted by molar-refractivity contribution is 0.449. The number of hydrogen-bond acceptors (Lipinski definition) is 4. The van der Waals surface area contributed by atoms with Crippen molar-refractivity contribution in [3.05, 3.63) is 166 Å². The standard InChI is InChI=1S/C41H28O2S2.C2H6/c1-25-16-18-28(19-17-25)41(27-10-4-3-5-11-27)31-22-23-35-39(44-36-14-8-6-12-33(36)42-35)29(31)20-21-30-32(41)24-26(2)38-40(30)45-37-15-9-7-13-34(37)43-38;1-2/h3-24H,1-2H3;1-2H3. The minimum absolute atomic E-state index is 0.604. The van der Waals surface area contributed by atoms with Gasteiger partial charge in [0, 0.05) is 0 Å². The van der Waals surface area contributed by atoms with Crippen molar-refractivity contribution in [3.8, 4) is 23.0 Å². The molecule has 1 aliphatic carbocycles. The highest BCUT2D eigenvalue weighted by Gasteiger charge is 2.45. The highest BCUT2D eigenvalue weighted by atomic mass is 32.2. The molecular weight excluding hydrogens is 613 g/mol. The van der Waals surface area contributed by atoms with E-state index in [2.05, 4.69) is 129 Å². The summed E-state index contributed by atoms with van der Waals surface area (Å²) in [7, 11) is 0. The molecule has 0 saturated carbocycles. The number of benzene rings is 6. The van der Waals surface area contributed by atoms with E-state index in [0.717, 1.165) is 48.1 Å². The first kappa shape index (κ1) is 29.7. The van der Waals surface area contributed by atoms with E-state index in [1.54, 1.807) is 23.5 Å². The topological polar surface area (TPSA) is 18.5 Å². The molecule has 0 N–H and O–H groups in total. The van der Waals surface area contributed by atoms with Gasteiger partial charge in [0.05, 0.1) is 25.0 Å². The number of ether oxygens (including phenoxy) is 2. The second-order valence-electron chi connectivity index (χ2n) is 11.8. The molecule has 47 heavy (non-hydrogen) atoms. The van der Waals surface area contributed by atoms with Gasteiger partial charge in [0.2, 0.25) is 0 Å². The molecule has 9 rings (SSSR count). The SMILES string of the molecule is CC.Cc1ccc(C2(c3ccccc3)c3ccc4c(c3C=Cc3c2cc(C)c2c3Sc3ccccc3O2)Sc2ccccc2O4)cc1. The summed E-state index contributed by atoms with van der Waals surface area (Å²) in [5.41, 5.74) is 9.07. The minimum Gasteiger partial charge on any atom is -0.455 e. The van der Waals surface area contributed by atoms with Crippen molar-refractivity contribution in [2.24, 2.45) is 0 Å². The molecule has 2 aliphatic heterocycles. The Morgan fingerprint density at radius 1 is 0.511 bits per heavy atom. The van der Waals surface area contributed by atoms with Crippen LogP contribution in [-0.2, 0) is 5.41 Å². The quantitative estimate of drug-likeness (QED) is 0.186. The summed E-state index contributed by atoms with van der Waals surface area (Å²) in [6.45, 7) is 8.34. The van der Waals surface area contributed by atoms with Crippen LogP contribution in [0.15, 0.2) is 141 Å². The third-order valence-corrected chi connectivity index (χ3v) is 11.4. The van der Waals surface area contributed by atoms with Crippen molar-refractivity contribution in [3.63, 3.8) is 0 Å². The van der Waals surface area contributed by atoms with E-state index in [1.807, 2.05) is 32.0 Å². The van der Waals surface area contributed by atoms with Gasteiger partial charge >= 0.3 is 0 Å².